The molecule has 0 amide bonds. The molecule has 1 fully saturated rings. The molecule has 1 heterocycles. The largest absolute Gasteiger partial charge is 0.394 e. The summed E-state index contributed by atoms with van der Waals surface area (Å²) in [5, 5.41) is 36.3. The maximum absolute atomic E-state index is 9.25. The van der Waals surface area contributed by atoms with Crippen LogP contribution in [0.25, 0.3) is 0 Å². The first kappa shape index (κ1) is 9.85. The van der Waals surface area contributed by atoms with Crippen molar-refractivity contribution in [3.8, 4) is 0 Å². The van der Waals surface area contributed by atoms with E-state index in [1.54, 1.807) is 0 Å². The molecule has 0 radical (unpaired) electrons. The lowest BCUT2D eigenvalue weighted by molar-refractivity contribution is -0.497. The highest BCUT2D eigenvalue weighted by molar-refractivity contribution is 4.87. The van der Waals surface area contributed by atoms with Gasteiger partial charge in [0.05, 0.1) is 6.61 Å². The number of aliphatic hydroxyl groups is 4. The van der Waals surface area contributed by atoms with Gasteiger partial charge in [-0.25, -0.2) is 0 Å². The molecule has 0 aromatic carbocycles. The number of aliphatic hydroxyl groups excluding tert-OH is 4. The van der Waals surface area contributed by atoms with Gasteiger partial charge in [-0.3, -0.25) is 0 Å². The molecule has 6 nitrogen and oxygen atoms in total. The third-order valence-corrected chi connectivity index (χ3v) is 2.03. The highest BCUT2D eigenvalue weighted by Gasteiger charge is 2.43. The van der Waals surface area contributed by atoms with E-state index in [0.29, 0.717) is 0 Å². The summed E-state index contributed by atoms with van der Waals surface area (Å²) < 4.78 is 4.76. The van der Waals surface area contributed by atoms with Gasteiger partial charge in [0.1, 0.15) is 18.3 Å². The van der Waals surface area contributed by atoms with Crippen LogP contribution < -0.4 is 5.73 Å². The van der Waals surface area contributed by atoms with E-state index in [4.69, 9.17) is 14.9 Å². The Labute approximate surface area is 69.2 Å². The minimum absolute atomic E-state index is 0.442. The molecule has 12 heavy (non-hydrogen) atoms. The third-order valence-electron chi connectivity index (χ3n) is 2.03. The first-order chi connectivity index (χ1) is 5.57. The summed E-state index contributed by atoms with van der Waals surface area (Å²) in [5.41, 5.74) is 3.41. The first-order valence-electron chi connectivity index (χ1n) is 3.71. The minimum atomic E-state index is -1.24. The van der Waals surface area contributed by atoms with Crippen molar-refractivity contribution >= 4 is 0 Å². The van der Waals surface area contributed by atoms with Crippen LogP contribution in [0.3, 0.4) is 0 Å². The van der Waals surface area contributed by atoms with Gasteiger partial charge >= 0.3 is 0 Å². The zero-order valence-electron chi connectivity index (χ0n) is 6.50. The molecule has 72 valence electrons. The highest BCUT2D eigenvalue weighted by atomic mass is 16.6. The Kier molecular flexibility index (Phi) is 2.99. The molecule has 0 spiro atoms. The second-order valence-electron chi connectivity index (χ2n) is 2.89. The average Bonchev–Trinajstić information content (AvgIpc) is 2.08. The summed E-state index contributed by atoms with van der Waals surface area (Å²) in [5.74, 6) is 0. The summed E-state index contributed by atoms with van der Waals surface area (Å²) in [6, 6.07) is -0.789. The van der Waals surface area contributed by atoms with Crippen molar-refractivity contribution in [2.75, 3.05) is 6.61 Å². The lowest BCUT2D eigenvalue weighted by atomic mass is 9.98. The second kappa shape index (κ2) is 3.65. The lowest BCUT2D eigenvalue weighted by Crippen LogP contribution is -2.77. The van der Waals surface area contributed by atoms with Crippen LogP contribution in [-0.2, 0) is 4.74 Å². The van der Waals surface area contributed by atoms with Crippen LogP contribution in [0.1, 0.15) is 0 Å². The smallest absolute Gasteiger partial charge is 0.211 e. The van der Waals surface area contributed by atoms with Crippen LogP contribution >= 0.6 is 0 Å². The standard InChI is InChI=1S/C6H13NO5/c7-3-5(10)4(9)2(1-8)12-6(3)11/h2-6,8-11H,1,7H2/p+1/t2-,3+,4+,5-,6-/m1/s1. The van der Waals surface area contributed by atoms with E-state index in [1.807, 2.05) is 0 Å². The monoisotopic (exact) mass is 180 g/mol. The van der Waals surface area contributed by atoms with E-state index in [0.717, 1.165) is 0 Å². The van der Waals surface area contributed by atoms with Crippen molar-refractivity contribution in [2.24, 2.45) is 0 Å². The predicted molar refractivity (Wildman–Crippen MR) is 36.7 cm³/mol. The van der Waals surface area contributed by atoms with E-state index < -0.39 is 37.3 Å². The maximum Gasteiger partial charge on any atom is 0.211 e. The number of ether oxygens (including phenoxy) is 1. The Morgan fingerprint density at radius 1 is 1.17 bits per heavy atom. The van der Waals surface area contributed by atoms with Gasteiger partial charge in [0, 0.05) is 0 Å². The van der Waals surface area contributed by atoms with Crippen LogP contribution in [0.4, 0.5) is 0 Å². The zero-order chi connectivity index (χ0) is 9.30. The highest BCUT2D eigenvalue weighted by Crippen LogP contribution is 2.16. The van der Waals surface area contributed by atoms with Crippen molar-refractivity contribution in [3.63, 3.8) is 0 Å². The summed E-state index contributed by atoms with van der Waals surface area (Å²) in [6.45, 7) is -0.442. The minimum Gasteiger partial charge on any atom is -0.394 e. The van der Waals surface area contributed by atoms with Crippen LogP contribution in [0.2, 0.25) is 0 Å². The molecule has 0 saturated carbocycles. The van der Waals surface area contributed by atoms with Gasteiger partial charge in [0.15, 0.2) is 6.04 Å². The number of rotatable bonds is 1. The molecule has 0 aromatic rings. The molecule has 0 unspecified atom stereocenters. The number of hydrogen-bond donors (Lipinski definition) is 5. The Bertz CT molecular complexity index is 150. The van der Waals surface area contributed by atoms with E-state index in [2.05, 4.69) is 5.73 Å². The SMILES string of the molecule is [NH3+][C@H]1[C@@H](O)[C@@H](O)[C@@H](CO)O[C@H]1O. The van der Waals surface area contributed by atoms with E-state index >= 15 is 0 Å². The third kappa shape index (κ3) is 1.58. The quantitative estimate of drug-likeness (QED) is 0.282. The topological polar surface area (TPSA) is 118 Å². The zero-order valence-corrected chi connectivity index (χ0v) is 6.50. The van der Waals surface area contributed by atoms with Gasteiger partial charge < -0.3 is 30.9 Å². The van der Waals surface area contributed by atoms with Crippen molar-refractivity contribution < 1.29 is 30.9 Å². The molecular weight excluding hydrogens is 166 g/mol. The molecule has 5 atom stereocenters. The first-order valence-corrected chi connectivity index (χ1v) is 3.71. The van der Waals surface area contributed by atoms with Crippen LogP contribution in [0, 0.1) is 0 Å². The number of hydrogen-bond acceptors (Lipinski definition) is 5. The molecule has 6 heteroatoms. The van der Waals surface area contributed by atoms with Crippen molar-refractivity contribution in [1.82, 2.24) is 0 Å². The van der Waals surface area contributed by atoms with Gasteiger partial charge in [-0.2, -0.15) is 0 Å². The van der Waals surface area contributed by atoms with Crippen molar-refractivity contribution in [1.29, 1.82) is 0 Å². The normalized spacial score (nSPS) is 49.2. The fourth-order valence-electron chi connectivity index (χ4n) is 1.15. The second-order valence-corrected chi connectivity index (χ2v) is 2.89. The number of quaternary nitrogens is 1. The summed E-state index contributed by atoms with van der Waals surface area (Å²) in [7, 11) is 0. The predicted octanol–water partition coefficient (Wildman–Crippen LogP) is -3.97. The van der Waals surface area contributed by atoms with Gasteiger partial charge in [0.2, 0.25) is 6.29 Å². The summed E-state index contributed by atoms with van der Waals surface area (Å²) >= 11 is 0. The van der Waals surface area contributed by atoms with Gasteiger partial charge in [-0.1, -0.05) is 0 Å². The molecule has 0 bridgehead atoms. The van der Waals surface area contributed by atoms with Gasteiger partial charge in [-0.05, 0) is 0 Å². The molecule has 0 aliphatic carbocycles. The van der Waals surface area contributed by atoms with E-state index in [1.165, 1.54) is 0 Å². The van der Waals surface area contributed by atoms with E-state index in [9.17, 15) is 10.2 Å². The fourth-order valence-corrected chi connectivity index (χ4v) is 1.15. The van der Waals surface area contributed by atoms with Gasteiger partial charge in [-0.15, -0.1) is 0 Å². The molecule has 1 aliphatic rings. The Morgan fingerprint density at radius 3 is 2.25 bits per heavy atom. The van der Waals surface area contributed by atoms with Crippen LogP contribution in [0.15, 0.2) is 0 Å². The Morgan fingerprint density at radius 2 is 1.75 bits per heavy atom. The molecule has 7 N–H and O–H groups in total. The fraction of sp³-hybridized carbons (Fsp3) is 1.00. The van der Waals surface area contributed by atoms with Gasteiger partial charge in [0.25, 0.3) is 0 Å². The van der Waals surface area contributed by atoms with Crippen LogP contribution in [0.5, 0.6) is 0 Å². The molecule has 1 rings (SSSR count). The molecule has 1 aliphatic heterocycles. The van der Waals surface area contributed by atoms with Crippen molar-refractivity contribution in [2.45, 2.75) is 30.6 Å². The Balaban J connectivity index is 2.63. The summed E-state index contributed by atoms with van der Waals surface area (Å²) in [6.07, 6.45) is -4.53. The van der Waals surface area contributed by atoms with E-state index in [-0.39, 0.29) is 0 Å². The van der Waals surface area contributed by atoms with Crippen molar-refractivity contribution in [3.05, 3.63) is 0 Å². The van der Waals surface area contributed by atoms with Crippen LogP contribution in [-0.4, -0.2) is 57.7 Å². The Hall–Kier alpha value is -0.240. The maximum atomic E-state index is 9.25. The summed E-state index contributed by atoms with van der Waals surface area (Å²) in [4.78, 5) is 0. The molecular formula is C6H14NO5+. The average molecular weight is 180 g/mol. The molecule has 1 saturated heterocycles. The molecule has 0 aromatic heterocycles. The lowest BCUT2D eigenvalue weighted by Gasteiger charge is -2.36.